The molecule has 0 radical (unpaired) electrons. The van der Waals surface area contributed by atoms with E-state index in [4.69, 9.17) is 5.73 Å². The van der Waals surface area contributed by atoms with Gasteiger partial charge in [-0.25, -0.2) is 0 Å². The first-order valence-electron chi connectivity index (χ1n) is 4.64. The second-order valence-electron chi connectivity index (χ2n) is 3.10. The highest BCUT2D eigenvalue weighted by molar-refractivity contribution is 5.73. The Kier molecular flexibility index (Phi) is 5.72. The van der Waals surface area contributed by atoms with Crippen molar-refractivity contribution in [3.05, 3.63) is 0 Å². The summed E-state index contributed by atoms with van der Waals surface area (Å²) in [6, 6.07) is 0.550. The monoisotopic (exact) mass is 172 g/mol. The molecule has 0 bridgehead atoms. The molecule has 1 unspecified atom stereocenters. The van der Waals surface area contributed by atoms with E-state index in [1.807, 2.05) is 0 Å². The van der Waals surface area contributed by atoms with Crippen molar-refractivity contribution in [2.45, 2.75) is 39.7 Å². The van der Waals surface area contributed by atoms with Gasteiger partial charge in [-0.15, -0.1) is 0 Å². The van der Waals surface area contributed by atoms with Crippen molar-refractivity contribution >= 4 is 5.91 Å². The van der Waals surface area contributed by atoms with Gasteiger partial charge in [-0.2, -0.15) is 0 Å². The molecule has 0 aliphatic heterocycles. The second-order valence-corrected chi connectivity index (χ2v) is 3.10. The molecule has 0 heterocycles. The van der Waals surface area contributed by atoms with Gasteiger partial charge in [0.25, 0.3) is 0 Å². The van der Waals surface area contributed by atoms with Crippen LogP contribution in [0.25, 0.3) is 0 Å². The molecule has 0 aliphatic carbocycles. The molecule has 0 spiro atoms. The Morgan fingerprint density at radius 1 is 1.50 bits per heavy atom. The van der Waals surface area contributed by atoms with Gasteiger partial charge in [0, 0.05) is 19.0 Å². The molecule has 12 heavy (non-hydrogen) atoms. The summed E-state index contributed by atoms with van der Waals surface area (Å²) >= 11 is 0. The molecule has 1 atom stereocenters. The molecule has 3 heteroatoms. The Labute approximate surface area is 74.9 Å². The highest BCUT2D eigenvalue weighted by atomic mass is 16.1. The fourth-order valence-electron chi connectivity index (χ4n) is 1.20. The van der Waals surface area contributed by atoms with Gasteiger partial charge in [-0.05, 0) is 19.9 Å². The number of carbonyl (C=O) groups is 1. The lowest BCUT2D eigenvalue weighted by atomic mass is 10.2. The normalized spacial score (nSPS) is 13.3. The molecule has 72 valence electrons. The number of rotatable bonds is 6. The van der Waals surface area contributed by atoms with Crippen molar-refractivity contribution < 1.29 is 4.79 Å². The van der Waals surface area contributed by atoms with Crippen molar-refractivity contribution in [3.63, 3.8) is 0 Å². The van der Waals surface area contributed by atoms with Crippen LogP contribution in [0.4, 0.5) is 0 Å². The van der Waals surface area contributed by atoms with Crippen molar-refractivity contribution in [2.24, 2.45) is 5.73 Å². The van der Waals surface area contributed by atoms with Gasteiger partial charge in [-0.1, -0.05) is 13.8 Å². The standard InChI is InChI=1S/C9H20N2O/c1-4-8(3)11(5-2)7-6-9(10)12/h8H,4-7H2,1-3H3,(H2,10,12). The number of nitrogens with zero attached hydrogens (tertiary/aromatic N) is 1. The Morgan fingerprint density at radius 3 is 2.42 bits per heavy atom. The summed E-state index contributed by atoms with van der Waals surface area (Å²) in [7, 11) is 0. The fourth-order valence-corrected chi connectivity index (χ4v) is 1.20. The van der Waals surface area contributed by atoms with Crippen molar-refractivity contribution in [3.8, 4) is 0 Å². The van der Waals surface area contributed by atoms with E-state index in [2.05, 4.69) is 25.7 Å². The number of hydrogen-bond donors (Lipinski definition) is 1. The summed E-state index contributed by atoms with van der Waals surface area (Å²) in [5, 5.41) is 0. The largest absolute Gasteiger partial charge is 0.370 e. The first-order valence-corrected chi connectivity index (χ1v) is 4.64. The van der Waals surface area contributed by atoms with Gasteiger partial charge < -0.3 is 10.6 Å². The van der Waals surface area contributed by atoms with Crippen LogP contribution < -0.4 is 5.73 Å². The zero-order valence-electron chi connectivity index (χ0n) is 8.34. The number of carbonyl (C=O) groups excluding carboxylic acids is 1. The third-order valence-electron chi connectivity index (χ3n) is 2.27. The van der Waals surface area contributed by atoms with Gasteiger partial charge in [0.2, 0.25) is 5.91 Å². The molecule has 3 nitrogen and oxygen atoms in total. The SMILES string of the molecule is CCC(C)N(CC)CCC(N)=O. The molecule has 0 saturated heterocycles. The zero-order chi connectivity index (χ0) is 9.56. The Bertz CT molecular complexity index is 136. The van der Waals surface area contributed by atoms with Crippen LogP contribution in [0.2, 0.25) is 0 Å². The number of amides is 1. The maximum absolute atomic E-state index is 10.5. The van der Waals surface area contributed by atoms with Crippen LogP contribution in [-0.4, -0.2) is 29.9 Å². The van der Waals surface area contributed by atoms with Gasteiger partial charge in [0.15, 0.2) is 0 Å². The van der Waals surface area contributed by atoms with Crippen molar-refractivity contribution in [1.29, 1.82) is 0 Å². The molecule has 0 aromatic heterocycles. The van der Waals surface area contributed by atoms with Gasteiger partial charge in [0.1, 0.15) is 0 Å². The Balaban J connectivity index is 3.74. The highest BCUT2D eigenvalue weighted by Crippen LogP contribution is 2.03. The molecular formula is C9H20N2O. The van der Waals surface area contributed by atoms with Crippen LogP contribution in [0.5, 0.6) is 0 Å². The van der Waals surface area contributed by atoms with Crippen LogP contribution >= 0.6 is 0 Å². The topological polar surface area (TPSA) is 46.3 Å². The quantitative estimate of drug-likeness (QED) is 0.649. The van der Waals surface area contributed by atoms with E-state index in [1.54, 1.807) is 0 Å². The molecule has 0 aromatic rings. The summed E-state index contributed by atoms with van der Waals surface area (Å²) in [6.45, 7) is 8.21. The molecular weight excluding hydrogens is 152 g/mol. The summed E-state index contributed by atoms with van der Waals surface area (Å²) < 4.78 is 0. The average molecular weight is 172 g/mol. The van der Waals surface area contributed by atoms with Gasteiger partial charge in [-0.3, -0.25) is 4.79 Å². The third kappa shape index (κ3) is 4.34. The lowest BCUT2D eigenvalue weighted by molar-refractivity contribution is -0.118. The van der Waals surface area contributed by atoms with E-state index in [-0.39, 0.29) is 5.91 Å². The van der Waals surface area contributed by atoms with E-state index in [9.17, 15) is 4.79 Å². The van der Waals surface area contributed by atoms with Crippen LogP contribution in [0.15, 0.2) is 0 Å². The third-order valence-corrected chi connectivity index (χ3v) is 2.27. The van der Waals surface area contributed by atoms with Crippen LogP contribution in [0, 0.1) is 0 Å². The summed E-state index contributed by atoms with van der Waals surface area (Å²) in [5.74, 6) is -0.211. The van der Waals surface area contributed by atoms with E-state index < -0.39 is 0 Å². The summed E-state index contributed by atoms with van der Waals surface area (Å²) in [6.07, 6.45) is 1.59. The lowest BCUT2D eigenvalue weighted by Crippen LogP contribution is -2.35. The molecule has 2 N–H and O–H groups in total. The molecule has 0 rings (SSSR count). The van der Waals surface area contributed by atoms with Crippen LogP contribution in [0.3, 0.4) is 0 Å². The molecule has 0 aliphatic rings. The summed E-state index contributed by atoms with van der Waals surface area (Å²) in [5.41, 5.74) is 5.07. The van der Waals surface area contributed by atoms with Gasteiger partial charge >= 0.3 is 0 Å². The minimum absolute atomic E-state index is 0.211. The predicted octanol–water partition coefficient (Wildman–Crippen LogP) is 0.982. The van der Waals surface area contributed by atoms with E-state index >= 15 is 0 Å². The lowest BCUT2D eigenvalue weighted by Gasteiger charge is -2.26. The first kappa shape index (κ1) is 11.4. The van der Waals surface area contributed by atoms with Crippen LogP contribution in [-0.2, 0) is 4.79 Å². The maximum atomic E-state index is 10.5. The van der Waals surface area contributed by atoms with Crippen molar-refractivity contribution in [1.82, 2.24) is 4.90 Å². The zero-order valence-corrected chi connectivity index (χ0v) is 8.34. The molecule has 1 amide bonds. The minimum atomic E-state index is -0.211. The number of primary amides is 1. The maximum Gasteiger partial charge on any atom is 0.218 e. The number of hydrogen-bond acceptors (Lipinski definition) is 2. The molecule has 0 aromatic carbocycles. The minimum Gasteiger partial charge on any atom is -0.370 e. The van der Waals surface area contributed by atoms with Crippen LogP contribution in [0.1, 0.15) is 33.6 Å². The van der Waals surface area contributed by atoms with E-state index in [1.165, 1.54) is 0 Å². The number of nitrogens with two attached hydrogens (primary N) is 1. The highest BCUT2D eigenvalue weighted by Gasteiger charge is 2.09. The molecule has 0 saturated carbocycles. The van der Waals surface area contributed by atoms with E-state index in [0.717, 1.165) is 19.5 Å². The summed E-state index contributed by atoms with van der Waals surface area (Å²) in [4.78, 5) is 12.8. The van der Waals surface area contributed by atoms with E-state index in [0.29, 0.717) is 12.5 Å². The smallest absolute Gasteiger partial charge is 0.218 e. The second kappa shape index (κ2) is 6.00. The first-order chi connectivity index (χ1) is 5.61. The van der Waals surface area contributed by atoms with Gasteiger partial charge in [0.05, 0.1) is 0 Å². The average Bonchev–Trinajstić information content (AvgIpc) is 2.04. The fraction of sp³-hybridized carbons (Fsp3) is 0.889. The molecule has 0 fully saturated rings. The van der Waals surface area contributed by atoms with Crippen molar-refractivity contribution in [2.75, 3.05) is 13.1 Å². The predicted molar refractivity (Wildman–Crippen MR) is 50.8 cm³/mol. The Morgan fingerprint density at radius 2 is 2.08 bits per heavy atom. The Hall–Kier alpha value is -0.570.